The van der Waals surface area contributed by atoms with E-state index in [1.54, 1.807) is 7.11 Å². The summed E-state index contributed by atoms with van der Waals surface area (Å²) < 4.78 is 41.5. The first kappa shape index (κ1) is 14.8. The molecule has 18 heavy (non-hydrogen) atoms. The first-order valence-corrected chi connectivity index (χ1v) is 5.88. The maximum atomic E-state index is 12.2. The standard InChI is InChI=1S/C13H18F3NO/c1-18-11-7-4-6-10(9-11)5-2-3-8-12(17)13(14,15)16/h4,6-7,9,12H,2-3,5,8,17H2,1H3/t12-/m0/s1. The topological polar surface area (TPSA) is 35.2 Å². The smallest absolute Gasteiger partial charge is 0.403 e. The highest BCUT2D eigenvalue weighted by atomic mass is 19.4. The van der Waals surface area contributed by atoms with Crippen LogP contribution in [0.25, 0.3) is 0 Å². The number of methoxy groups -OCH3 is 1. The summed E-state index contributed by atoms with van der Waals surface area (Å²) in [5, 5.41) is 0. The first-order valence-electron chi connectivity index (χ1n) is 5.88. The van der Waals surface area contributed by atoms with Gasteiger partial charge in [0.1, 0.15) is 11.8 Å². The first-order chi connectivity index (χ1) is 8.43. The van der Waals surface area contributed by atoms with Crippen LogP contribution in [0.1, 0.15) is 24.8 Å². The van der Waals surface area contributed by atoms with E-state index >= 15 is 0 Å². The van der Waals surface area contributed by atoms with Crippen LogP contribution in [-0.2, 0) is 6.42 Å². The van der Waals surface area contributed by atoms with Gasteiger partial charge in [-0.25, -0.2) is 0 Å². The van der Waals surface area contributed by atoms with Crippen molar-refractivity contribution in [2.24, 2.45) is 5.73 Å². The zero-order valence-electron chi connectivity index (χ0n) is 10.3. The molecular weight excluding hydrogens is 243 g/mol. The molecule has 0 saturated heterocycles. The van der Waals surface area contributed by atoms with Crippen LogP contribution >= 0.6 is 0 Å². The molecule has 0 fully saturated rings. The van der Waals surface area contributed by atoms with Crippen molar-refractivity contribution in [3.05, 3.63) is 29.8 Å². The molecule has 0 saturated carbocycles. The SMILES string of the molecule is COc1cccc(CCCC[C@H](N)C(F)(F)F)c1. The molecule has 0 aliphatic rings. The molecule has 1 atom stereocenters. The van der Waals surface area contributed by atoms with Gasteiger partial charge < -0.3 is 10.5 Å². The third-order valence-electron chi connectivity index (χ3n) is 2.79. The van der Waals surface area contributed by atoms with Gasteiger partial charge in [0, 0.05) is 0 Å². The van der Waals surface area contributed by atoms with Crippen LogP contribution in [0.3, 0.4) is 0 Å². The Morgan fingerprint density at radius 3 is 2.61 bits per heavy atom. The van der Waals surface area contributed by atoms with Crippen molar-refractivity contribution in [1.29, 1.82) is 0 Å². The van der Waals surface area contributed by atoms with Crippen molar-refractivity contribution in [3.63, 3.8) is 0 Å². The molecule has 0 radical (unpaired) electrons. The van der Waals surface area contributed by atoms with Crippen molar-refractivity contribution in [3.8, 4) is 5.75 Å². The van der Waals surface area contributed by atoms with Gasteiger partial charge in [0.25, 0.3) is 0 Å². The molecule has 2 nitrogen and oxygen atoms in total. The number of hydrogen-bond acceptors (Lipinski definition) is 2. The fourth-order valence-electron chi connectivity index (χ4n) is 1.69. The number of rotatable bonds is 6. The van der Waals surface area contributed by atoms with Crippen LogP contribution in [0, 0.1) is 0 Å². The summed E-state index contributed by atoms with van der Waals surface area (Å²) in [5.41, 5.74) is 6.10. The Morgan fingerprint density at radius 2 is 2.00 bits per heavy atom. The van der Waals surface area contributed by atoms with E-state index in [4.69, 9.17) is 10.5 Å². The van der Waals surface area contributed by atoms with E-state index < -0.39 is 12.2 Å². The third kappa shape index (κ3) is 4.96. The molecule has 102 valence electrons. The molecule has 0 spiro atoms. The van der Waals surface area contributed by atoms with Gasteiger partial charge in [-0.05, 0) is 37.0 Å². The maximum Gasteiger partial charge on any atom is 0.403 e. The molecule has 5 heteroatoms. The molecular formula is C13H18F3NO. The van der Waals surface area contributed by atoms with Gasteiger partial charge in [0.05, 0.1) is 7.11 Å². The van der Waals surface area contributed by atoms with Crippen LogP contribution in [0.15, 0.2) is 24.3 Å². The van der Waals surface area contributed by atoms with Crippen molar-refractivity contribution in [2.45, 2.75) is 37.9 Å². The second-order valence-electron chi connectivity index (χ2n) is 4.25. The van der Waals surface area contributed by atoms with Crippen molar-refractivity contribution >= 4 is 0 Å². The van der Waals surface area contributed by atoms with Gasteiger partial charge in [0.15, 0.2) is 0 Å². The van der Waals surface area contributed by atoms with E-state index in [0.29, 0.717) is 12.8 Å². The average molecular weight is 261 g/mol. The number of nitrogens with two attached hydrogens (primary N) is 1. The molecule has 1 aromatic carbocycles. The summed E-state index contributed by atoms with van der Waals surface area (Å²) in [7, 11) is 1.58. The van der Waals surface area contributed by atoms with E-state index in [1.807, 2.05) is 24.3 Å². The highest BCUT2D eigenvalue weighted by molar-refractivity contribution is 5.28. The molecule has 0 aliphatic heterocycles. The molecule has 0 bridgehead atoms. The van der Waals surface area contributed by atoms with E-state index in [9.17, 15) is 13.2 Å². The van der Waals surface area contributed by atoms with Crippen LogP contribution in [0.2, 0.25) is 0 Å². The lowest BCUT2D eigenvalue weighted by atomic mass is 10.0. The molecule has 2 N–H and O–H groups in total. The number of halogens is 3. The van der Waals surface area contributed by atoms with Crippen LogP contribution in [0.4, 0.5) is 13.2 Å². The number of alkyl halides is 3. The average Bonchev–Trinajstić information content (AvgIpc) is 2.33. The van der Waals surface area contributed by atoms with Gasteiger partial charge in [-0.2, -0.15) is 13.2 Å². The third-order valence-corrected chi connectivity index (χ3v) is 2.79. The van der Waals surface area contributed by atoms with Crippen molar-refractivity contribution < 1.29 is 17.9 Å². The fourth-order valence-corrected chi connectivity index (χ4v) is 1.69. The van der Waals surface area contributed by atoms with Crippen molar-refractivity contribution in [2.75, 3.05) is 7.11 Å². The summed E-state index contributed by atoms with van der Waals surface area (Å²) in [4.78, 5) is 0. The van der Waals surface area contributed by atoms with Gasteiger partial charge >= 0.3 is 6.18 Å². The molecule has 0 aromatic heterocycles. The minimum Gasteiger partial charge on any atom is -0.497 e. The van der Waals surface area contributed by atoms with E-state index in [-0.39, 0.29) is 6.42 Å². The summed E-state index contributed by atoms with van der Waals surface area (Å²) in [5.74, 6) is 0.763. The summed E-state index contributed by atoms with van der Waals surface area (Å²) >= 11 is 0. The minimum absolute atomic E-state index is 0.0204. The lowest BCUT2D eigenvalue weighted by molar-refractivity contribution is -0.149. The zero-order valence-corrected chi connectivity index (χ0v) is 10.3. The number of ether oxygens (including phenoxy) is 1. The molecule has 0 amide bonds. The molecule has 0 unspecified atom stereocenters. The van der Waals surface area contributed by atoms with Crippen LogP contribution in [-0.4, -0.2) is 19.3 Å². The van der Waals surface area contributed by atoms with E-state index in [1.165, 1.54) is 0 Å². The van der Waals surface area contributed by atoms with Gasteiger partial charge in [-0.3, -0.25) is 0 Å². The quantitative estimate of drug-likeness (QED) is 0.797. The highest BCUT2D eigenvalue weighted by Crippen LogP contribution is 2.22. The van der Waals surface area contributed by atoms with Gasteiger partial charge in [-0.15, -0.1) is 0 Å². The van der Waals surface area contributed by atoms with E-state index in [2.05, 4.69) is 0 Å². The monoisotopic (exact) mass is 261 g/mol. The number of benzene rings is 1. The normalized spacial score (nSPS) is 13.4. The number of unbranched alkanes of at least 4 members (excludes halogenated alkanes) is 1. The Bertz CT molecular complexity index is 365. The number of hydrogen-bond donors (Lipinski definition) is 1. The molecule has 0 heterocycles. The summed E-state index contributed by atoms with van der Waals surface area (Å²) in [6, 6.07) is 5.83. The van der Waals surface area contributed by atoms with E-state index in [0.717, 1.165) is 17.7 Å². The predicted octanol–water partition coefficient (Wildman–Crippen LogP) is 3.30. The largest absolute Gasteiger partial charge is 0.497 e. The van der Waals surface area contributed by atoms with Crippen LogP contribution < -0.4 is 10.5 Å². The number of aryl methyl sites for hydroxylation is 1. The Hall–Kier alpha value is -1.23. The second-order valence-corrected chi connectivity index (χ2v) is 4.25. The second kappa shape index (κ2) is 6.64. The molecule has 0 aliphatic carbocycles. The molecule has 1 aromatic rings. The Labute approximate surface area is 105 Å². The predicted molar refractivity (Wildman–Crippen MR) is 64.6 cm³/mol. The highest BCUT2D eigenvalue weighted by Gasteiger charge is 2.35. The lowest BCUT2D eigenvalue weighted by Crippen LogP contribution is -2.37. The Morgan fingerprint density at radius 1 is 1.28 bits per heavy atom. The molecule has 1 rings (SSSR count). The lowest BCUT2D eigenvalue weighted by Gasteiger charge is -2.14. The fraction of sp³-hybridized carbons (Fsp3) is 0.538. The summed E-state index contributed by atoms with van der Waals surface area (Å²) in [6.45, 7) is 0. The zero-order chi connectivity index (χ0) is 13.6. The maximum absolute atomic E-state index is 12.2. The van der Waals surface area contributed by atoms with Gasteiger partial charge in [-0.1, -0.05) is 18.6 Å². The van der Waals surface area contributed by atoms with Gasteiger partial charge in [0.2, 0.25) is 0 Å². The summed E-state index contributed by atoms with van der Waals surface area (Å²) in [6.07, 6.45) is -2.40. The Kier molecular flexibility index (Phi) is 5.47. The van der Waals surface area contributed by atoms with Crippen molar-refractivity contribution in [1.82, 2.24) is 0 Å². The minimum atomic E-state index is -4.28. The Balaban J connectivity index is 2.29. The van der Waals surface area contributed by atoms with Crippen LogP contribution in [0.5, 0.6) is 5.75 Å².